The monoisotopic (exact) mass is 353 g/mol. The van der Waals surface area contributed by atoms with Gasteiger partial charge in [0.1, 0.15) is 6.54 Å². The topological polar surface area (TPSA) is 49.3 Å². The summed E-state index contributed by atoms with van der Waals surface area (Å²) in [6.45, 7) is 2.17. The van der Waals surface area contributed by atoms with Gasteiger partial charge in [0.2, 0.25) is 0 Å². The SMILES string of the molecule is CCCCCCCCCCCCc1ccc(NCC(=O)O)cc1Cl. The molecular weight excluding hydrogens is 322 g/mol. The summed E-state index contributed by atoms with van der Waals surface area (Å²) in [5.41, 5.74) is 1.91. The average molecular weight is 354 g/mol. The van der Waals surface area contributed by atoms with Crippen molar-refractivity contribution in [1.29, 1.82) is 0 Å². The standard InChI is InChI=1S/C20H32ClNO2/c1-2-3-4-5-6-7-8-9-10-11-12-17-13-14-18(15-19(17)21)22-16-20(23)24/h13-15,22H,2-12,16H2,1H3,(H,23,24). The number of benzene rings is 1. The number of carbonyl (C=O) groups is 1. The lowest BCUT2D eigenvalue weighted by Crippen LogP contribution is -2.12. The molecule has 0 atom stereocenters. The second-order valence-electron chi connectivity index (χ2n) is 6.49. The van der Waals surface area contributed by atoms with Crippen molar-refractivity contribution in [2.45, 2.75) is 77.6 Å². The van der Waals surface area contributed by atoms with Gasteiger partial charge in [-0.1, -0.05) is 82.4 Å². The zero-order valence-electron chi connectivity index (χ0n) is 15.0. The van der Waals surface area contributed by atoms with Crippen LogP contribution in [0.25, 0.3) is 0 Å². The maximum atomic E-state index is 10.5. The fourth-order valence-electron chi connectivity index (χ4n) is 2.84. The smallest absolute Gasteiger partial charge is 0.322 e. The van der Waals surface area contributed by atoms with E-state index in [2.05, 4.69) is 12.2 Å². The fourth-order valence-corrected chi connectivity index (χ4v) is 3.12. The number of halogens is 1. The van der Waals surface area contributed by atoms with Gasteiger partial charge < -0.3 is 10.4 Å². The molecule has 0 saturated heterocycles. The number of rotatable bonds is 14. The minimum absolute atomic E-state index is 0.0892. The molecule has 0 aliphatic heterocycles. The van der Waals surface area contributed by atoms with Crippen molar-refractivity contribution in [3.8, 4) is 0 Å². The van der Waals surface area contributed by atoms with Crippen LogP contribution in [0.5, 0.6) is 0 Å². The third-order valence-electron chi connectivity index (χ3n) is 4.30. The maximum Gasteiger partial charge on any atom is 0.322 e. The Bertz CT molecular complexity index is 477. The van der Waals surface area contributed by atoms with Gasteiger partial charge in [-0.25, -0.2) is 0 Å². The number of carboxylic acid groups (broad SMARTS) is 1. The Morgan fingerprint density at radius 3 is 2.12 bits per heavy atom. The Hall–Kier alpha value is -1.22. The van der Waals surface area contributed by atoms with E-state index in [9.17, 15) is 4.79 Å². The van der Waals surface area contributed by atoms with Crippen LogP contribution in [-0.4, -0.2) is 17.6 Å². The van der Waals surface area contributed by atoms with Gasteiger partial charge in [0, 0.05) is 10.7 Å². The van der Waals surface area contributed by atoms with E-state index < -0.39 is 5.97 Å². The van der Waals surface area contributed by atoms with Crippen molar-refractivity contribution in [1.82, 2.24) is 0 Å². The number of unbranched alkanes of at least 4 members (excludes halogenated alkanes) is 9. The highest BCUT2D eigenvalue weighted by Gasteiger charge is 2.03. The number of nitrogens with one attached hydrogen (secondary N) is 1. The molecule has 0 saturated carbocycles. The summed E-state index contributed by atoms with van der Waals surface area (Å²) >= 11 is 6.28. The van der Waals surface area contributed by atoms with E-state index in [1.807, 2.05) is 18.2 Å². The van der Waals surface area contributed by atoms with Crippen LogP contribution >= 0.6 is 11.6 Å². The molecule has 0 fully saturated rings. The summed E-state index contributed by atoms with van der Waals surface area (Å²) in [5, 5.41) is 12.2. The normalized spacial score (nSPS) is 10.8. The molecule has 0 radical (unpaired) electrons. The van der Waals surface area contributed by atoms with E-state index in [1.165, 1.54) is 57.8 Å². The highest BCUT2D eigenvalue weighted by molar-refractivity contribution is 6.31. The van der Waals surface area contributed by atoms with Gasteiger partial charge in [-0.2, -0.15) is 0 Å². The maximum absolute atomic E-state index is 10.5. The van der Waals surface area contributed by atoms with Gasteiger partial charge in [0.15, 0.2) is 0 Å². The first-order valence-corrected chi connectivity index (χ1v) is 9.75. The molecule has 0 spiro atoms. The number of aliphatic carboxylic acids is 1. The summed E-state index contributed by atoms with van der Waals surface area (Å²) in [6, 6.07) is 5.72. The van der Waals surface area contributed by atoms with Crippen LogP contribution in [0.2, 0.25) is 5.02 Å². The van der Waals surface area contributed by atoms with Crippen molar-refractivity contribution in [2.24, 2.45) is 0 Å². The molecule has 4 heteroatoms. The molecule has 0 amide bonds. The van der Waals surface area contributed by atoms with Crippen molar-refractivity contribution >= 4 is 23.3 Å². The Balaban J connectivity index is 2.11. The van der Waals surface area contributed by atoms with Crippen molar-refractivity contribution in [2.75, 3.05) is 11.9 Å². The van der Waals surface area contributed by atoms with Crippen LogP contribution in [0.1, 0.15) is 76.7 Å². The van der Waals surface area contributed by atoms with E-state index in [0.29, 0.717) is 0 Å². The Morgan fingerprint density at radius 1 is 1.00 bits per heavy atom. The largest absolute Gasteiger partial charge is 0.480 e. The minimum Gasteiger partial charge on any atom is -0.480 e. The van der Waals surface area contributed by atoms with Gasteiger partial charge in [-0.3, -0.25) is 4.79 Å². The second-order valence-corrected chi connectivity index (χ2v) is 6.89. The first kappa shape index (κ1) is 20.8. The van der Waals surface area contributed by atoms with Gasteiger partial charge in [0.25, 0.3) is 0 Å². The van der Waals surface area contributed by atoms with Gasteiger partial charge in [0.05, 0.1) is 0 Å². The number of carboxylic acids is 1. The molecule has 0 aliphatic rings. The molecule has 0 bridgehead atoms. The quantitative estimate of drug-likeness (QED) is 0.386. The zero-order chi connectivity index (χ0) is 17.6. The minimum atomic E-state index is -0.874. The highest BCUT2D eigenvalue weighted by atomic mass is 35.5. The molecule has 1 aromatic carbocycles. The predicted molar refractivity (Wildman–Crippen MR) is 103 cm³/mol. The average Bonchev–Trinajstić information content (AvgIpc) is 2.56. The Morgan fingerprint density at radius 2 is 1.58 bits per heavy atom. The molecule has 1 aromatic rings. The first-order valence-electron chi connectivity index (χ1n) is 9.37. The molecule has 1 rings (SSSR count). The lowest BCUT2D eigenvalue weighted by atomic mass is 10.0. The van der Waals surface area contributed by atoms with E-state index in [-0.39, 0.29) is 6.54 Å². The van der Waals surface area contributed by atoms with Crippen molar-refractivity contribution in [3.05, 3.63) is 28.8 Å². The second kappa shape index (κ2) is 13.1. The molecule has 0 unspecified atom stereocenters. The molecule has 136 valence electrons. The number of hydrogen-bond donors (Lipinski definition) is 2. The Labute approximate surface area is 151 Å². The summed E-state index contributed by atoms with van der Waals surface area (Å²) in [6.07, 6.45) is 14.3. The molecule has 2 N–H and O–H groups in total. The summed E-state index contributed by atoms with van der Waals surface area (Å²) in [5.74, 6) is -0.874. The van der Waals surface area contributed by atoms with E-state index >= 15 is 0 Å². The molecule has 24 heavy (non-hydrogen) atoms. The van der Waals surface area contributed by atoms with Crippen LogP contribution in [0, 0.1) is 0 Å². The van der Waals surface area contributed by atoms with Gasteiger partial charge in [-0.15, -0.1) is 0 Å². The zero-order valence-corrected chi connectivity index (χ0v) is 15.7. The molecule has 0 aromatic heterocycles. The lowest BCUT2D eigenvalue weighted by molar-refractivity contribution is -0.134. The van der Waals surface area contributed by atoms with Crippen LogP contribution in [0.3, 0.4) is 0 Å². The number of hydrogen-bond acceptors (Lipinski definition) is 2. The predicted octanol–water partition coefficient (Wildman–Crippen LogP) is 6.30. The molecule has 0 heterocycles. The van der Waals surface area contributed by atoms with Crippen molar-refractivity contribution < 1.29 is 9.90 Å². The molecule has 0 aliphatic carbocycles. The Kier molecular flexibility index (Phi) is 11.4. The van der Waals surface area contributed by atoms with Crippen molar-refractivity contribution in [3.63, 3.8) is 0 Å². The summed E-state index contributed by atoms with van der Waals surface area (Å²) < 4.78 is 0. The third kappa shape index (κ3) is 9.82. The molecular formula is C20H32ClNO2. The van der Waals surface area contributed by atoms with Gasteiger partial charge in [-0.05, 0) is 30.5 Å². The first-order chi connectivity index (χ1) is 11.6. The lowest BCUT2D eigenvalue weighted by Gasteiger charge is -2.08. The van der Waals surface area contributed by atoms with Gasteiger partial charge >= 0.3 is 5.97 Å². The van der Waals surface area contributed by atoms with Crippen LogP contribution in [0.15, 0.2) is 18.2 Å². The van der Waals surface area contributed by atoms with E-state index in [0.717, 1.165) is 29.1 Å². The van der Waals surface area contributed by atoms with Crippen LogP contribution in [0.4, 0.5) is 5.69 Å². The fraction of sp³-hybridized carbons (Fsp3) is 0.650. The van der Waals surface area contributed by atoms with E-state index in [1.54, 1.807) is 0 Å². The molecule has 3 nitrogen and oxygen atoms in total. The number of aryl methyl sites for hydroxylation is 1. The van der Waals surface area contributed by atoms with E-state index in [4.69, 9.17) is 16.7 Å². The third-order valence-corrected chi connectivity index (χ3v) is 4.65. The highest BCUT2D eigenvalue weighted by Crippen LogP contribution is 2.23. The summed E-state index contributed by atoms with van der Waals surface area (Å²) in [4.78, 5) is 10.5. The van der Waals surface area contributed by atoms with Crippen LogP contribution < -0.4 is 5.32 Å². The van der Waals surface area contributed by atoms with Crippen LogP contribution in [-0.2, 0) is 11.2 Å². The summed E-state index contributed by atoms with van der Waals surface area (Å²) in [7, 11) is 0. The number of anilines is 1.